The minimum absolute atomic E-state index is 0.407. The van der Waals surface area contributed by atoms with E-state index < -0.39 is 37.4 Å². The topological polar surface area (TPSA) is 58.6 Å². The van der Waals surface area contributed by atoms with Crippen LogP contribution in [0.5, 0.6) is 0 Å². The number of carbonyl (C=O) groups is 1. The summed E-state index contributed by atoms with van der Waals surface area (Å²) in [4.78, 5) is 11.5. The molecule has 4 nitrogen and oxygen atoms in total. The van der Waals surface area contributed by atoms with E-state index >= 15 is 0 Å². The molecule has 0 heterocycles. The van der Waals surface area contributed by atoms with E-state index in [0.717, 1.165) is 11.1 Å². The van der Waals surface area contributed by atoms with E-state index in [1.807, 2.05) is 12.1 Å². The maximum Gasteiger partial charge on any atom is 0.411 e. The van der Waals surface area contributed by atoms with Gasteiger partial charge in [-0.3, -0.25) is 4.79 Å². The second-order valence-electron chi connectivity index (χ2n) is 4.62. The van der Waals surface area contributed by atoms with Crippen LogP contribution in [0.2, 0.25) is 0 Å². The lowest BCUT2D eigenvalue weighted by atomic mass is 10.1. The molecular weight excluding hydrogens is 275 g/mol. The average Bonchev–Trinajstić information content (AvgIpc) is 2.64. The van der Waals surface area contributed by atoms with Crippen LogP contribution < -0.4 is 5.32 Å². The zero-order valence-electron chi connectivity index (χ0n) is 10.5. The van der Waals surface area contributed by atoms with Gasteiger partial charge in [0.2, 0.25) is 5.91 Å². The van der Waals surface area contributed by atoms with E-state index in [0.29, 0.717) is 6.42 Å². The summed E-state index contributed by atoms with van der Waals surface area (Å²) in [6, 6.07) is 6.60. The summed E-state index contributed by atoms with van der Waals surface area (Å²) >= 11 is 0. The first kappa shape index (κ1) is 14.8. The number of aliphatic hydroxyl groups is 1. The van der Waals surface area contributed by atoms with E-state index in [9.17, 15) is 23.1 Å². The van der Waals surface area contributed by atoms with Gasteiger partial charge in [0, 0.05) is 6.42 Å². The molecule has 2 atom stereocenters. The molecule has 0 aliphatic heterocycles. The van der Waals surface area contributed by atoms with Crippen LogP contribution in [0.15, 0.2) is 24.3 Å². The SMILES string of the molecule is O=C(COCC(F)(F)F)N[C@H]1c2ccccc2C[C@H]1O. The van der Waals surface area contributed by atoms with Crippen molar-refractivity contribution in [3.8, 4) is 0 Å². The summed E-state index contributed by atoms with van der Waals surface area (Å²) in [6.07, 6.45) is -4.83. The zero-order valence-corrected chi connectivity index (χ0v) is 10.5. The number of halogens is 3. The molecule has 110 valence electrons. The number of nitrogens with one attached hydrogen (secondary N) is 1. The van der Waals surface area contributed by atoms with Crippen molar-refractivity contribution >= 4 is 5.91 Å². The summed E-state index contributed by atoms with van der Waals surface area (Å²) < 4.78 is 39.9. The predicted octanol–water partition coefficient (Wildman–Crippen LogP) is 1.34. The Kier molecular flexibility index (Phi) is 4.29. The number of amides is 1. The number of carbonyl (C=O) groups excluding carboxylic acids is 1. The quantitative estimate of drug-likeness (QED) is 0.879. The Balaban J connectivity index is 1.89. The molecule has 1 amide bonds. The van der Waals surface area contributed by atoms with Gasteiger partial charge in [-0.2, -0.15) is 13.2 Å². The fourth-order valence-corrected chi connectivity index (χ4v) is 2.22. The van der Waals surface area contributed by atoms with Crippen LogP contribution in [0.4, 0.5) is 13.2 Å². The van der Waals surface area contributed by atoms with Crippen molar-refractivity contribution in [3.63, 3.8) is 0 Å². The number of rotatable bonds is 4. The first-order chi connectivity index (χ1) is 9.37. The van der Waals surface area contributed by atoms with Crippen LogP contribution >= 0.6 is 0 Å². The Morgan fingerprint density at radius 3 is 2.80 bits per heavy atom. The fraction of sp³-hybridized carbons (Fsp3) is 0.462. The van der Waals surface area contributed by atoms with Crippen LogP contribution in [0.3, 0.4) is 0 Å². The van der Waals surface area contributed by atoms with Crippen LogP contribution in [0, 0.1) is 0 Å². The first-order valence-corrected chi connectivity index (χ1v) is 6.06. The van der Waals surface area contributed by atoms with Gasteiger partial charge in [-0.25, -0.2) is 0 Å². The number of aliphatic hydroxyl groups excluding tert-OH is 1. The van der Waals surface area contributed by atoms with E-state index in [1.54, 1.807) is 12.1 Å². The monoisotopic (exact) mass is 289 g/mol. The highest BCUT2D eigenvalue weighted by molar-refractivity contribution is 5.78. The average molecular weight is 289 g/mol. The third-order valence-corrected chi connectivity index (χ3v) is 3.02. The Morgan fingerprint density at radius 2 is 2.10 bits per heavy atom. The summed E-state index contributed by atoms with van der Waals surface area (Å²) in [5.74, 6) is -0.685. The van der Waals surface area contributed by atoms with Gasteiger partial charge >= 0.3 is 6.18 Å². The molecule has 1 aliphatic carbocycles. The third-order valence-electron chi connectivity index (χ3n) is 3.02. The lowest BCUT2D eigenvalue weighted by Crippen LogP contribution is -2.36. The molecule has 0 bridgehead atoms. The molecule has 2 rings (SSSR count). The minimum Gasteiger partial charge on any atom is -0.390 e. The maximum absolute atomic E-state index is 11.9. The highest BCUT2D eigenvalue weighted by Gasteiger charge is 2.32. The lowest BCUT2D eigenvalue weighted by Gasteiger charge is -2.18. The highest BCUT2D eigenvalue weighted by Crippen LogP contribution is 2.31. The van der Waals surface area contributed by atoms with Crippen molar-refractivity contribution in [1.82, 2.24) is 5.32 Å². The molecule has 0 saturated heterocycles. The smallest absolute Gasteiger partial charge is 0.390 e. The second kappa shape index (κ2) is 5.80. The van der Waals surface area contributed by atoms with Crippen molar-refractivity contribution in [2.45, 2.75) is 24.7 Å². The van der Waals surface area contributed by atoms with E-state index in [1.165, 1.54) is 0 Å². The van der Waals surface area contributed by atoms with Gasteiger partial charge in [0.1, 0.15) is 13.2 Å². The molecule has 7 heteroatoms. The van der Waals surface area contributed by atoms with Crippen LogP contribution in [0.1, 0.15) is 17.2 Å². The predicted molar refractivity (Wildman–Crippen MR) is 63.9 cm³/mol. The molecule has 0 unspecified atom stereocenters. The highest BCUT2D eigenvalue weighted by atomic mass is 19.4. The largest absolute Gasteiger partial charge is 0.411 e. The van der Waals surface area contributed by atoms with Gasteiger partial charge < -0.3 is 15.2 Å². The Hall–Kier alpha value is -1.60. The molecule has 1 aromatic rings. The van der Waals surface area contributed by atoms with E-state index in [-0.39, 0.29) is 0 Å². The van der Waals surface area contributed by atoms with Gasteiger partial charge in [-0.1, -0.05) is 24.3 Å². The molecule has 0 aromatic heterocycles. The van der Waals surface area contributed by atoms with Crippen LogP contribution in [-0.4, -0.2) is 36.5 Å². The molecule has 1 aliphatic rings. The molecular formula is C13H14F3NO3. The van der Waals surface area contributed by atoms with Crippen LogP contribution in [-0.2, 0) is 16.0 Å². The number of alkyl halides is 3. The number of fused-ring (bicyclic) bond motifs is 1. The summed E-state index contributed by atoms with van der Waals surface area (Å²) in [6.45, 7) is -2.16. The summed E-state index contributed by atoms with van der Waals surface area (Å²) in [5.41, 5.74) is 1.70. The van der Waals surface area contributed by atoms with Crippen LogP contribution in [0.25, 0.3) is 0 Å². The second-order valence-corrected chi connectivity index (χ2v) is 4.62. The number of ether oxygens (including phenoxy) is 1. The van der Waals surface area contributed by atoms with Gasteiger partial charge in [-0.05, 0) is 11.1 Å². The van der Waals surface area contributed by atoms with Gasteiger partial charge in [-0.15, -0.1) is 0 Å². The number of hydrogen-bond acceptors (Lipinski definition) is 3. The van der Waals surface area contributed by atoms with Gasteiger partial charge in [0.15, 0.2) is 0 Å². The van der Waals surface area contributed by atoms with Gasteiger partial charge in [0.25, 0.3) is 0 Å². The molecule has 1 aromatic carbocycles. The molecule has 0 saturated carbocycles. The standard InChI is InChI=1S/C13H14F3NO3/c14-13(15,16)7-20-6-11(19)17-12-9-4-2-1-3-8(9)5-10(12)18/h1-4,10,12,18H,5-7H2,(H,17,19)/t10-,12+/m1/s1. The normalized spacial score (nSPS) is 21.6. The Labute approximate surface area is 113 Å². The van der Waals surface area contributed by atoms with Crippen molar-refractivity contribution < 1.29 is 27.8 Å². The number of benzene rings is 1. The lowest BCUT2D eigenvalue weighted by molar-refractivity contribution is -0.175. The molecule has 0 spiro atoms. The van der Waals surface area contributed by atoms with Gasteiger partial charge in [0.05, 0.1) is 12.1 Å². The van der Waals surface area contributed by atoms with E-state index in [4.69, 9.17) is 0 Å². The molecule has 2 N–H and O–H groups in total. The van der Waals surface area contributed by atoms with Crippen molar-refractivity contribution in [2.24, 2.45) is 0 Å². The van der Waals surface area contributed by atoms with Crippen molar-refractivity contribution in [1.29, 1.82) is 0 Å². The maximum atomic E-state index is 11.9. The number of hydrogen-bond donors (Lipinski definition) is 2. The minimum atomic E-state index is -4.46. The molecule has 0 radical (unpaired) electrons. The van der Waals surface area contributed by atoms with Crippen molar-refractivity contribution in [3.05, 3.63) is 35.4 Å². The summed E-state index contributed by atoms with van der Waals surface area (Å²) in [7, 11) is 0. The Bertz CT molecular complexity index is 490. The zero-order chi connectivity index (χ0) is 14.8. The molecule has 0 fully saturated rings. The fourth-order valence-electron chi connectivity index (χ4n) is 2.22. The van der Waals surface area contributed by atoms with Crippen molar-refractivity contribution in [2.75, 3.05) is 13.2 Å². The van der Waals surface area contributed by atoms with E-state index in [2.05, 4.69) is 10.1 Å². The molecule has 20 heavy (non-hydrogen) atoms. The third kappa shape index (κ3) is 3.71. The Morgan fingerprint density at radius 1 is 1.40 bits per heavy atom. The first-order valence-electron chi connectivity index (χ1n) is 6.06. The summed E-state index contributed by atoms with van der Waals surface area (Å²) in [5, 5.41) is 12.4.